The van der Waals surface area contributed by atoms with Gasteiger partial charge in [0.1, 0.15) is 4.90 Å². The van der Waals surface area contributed by atoms with Crippen molar-refractivity contribution in [2.45, 2.75) is 30.2 Å². The number of pyridine rings is 1. The molecule has 2 N–H and O–H groups in total. The van der Waals surface area contributed by atoms with Crippen LogP contribution in [-0.4, -0.2) is 36.3 Å². The van der Waals surface area contributed by atoms with Crippen LogP contribution in [0.5, 0.6) is 0 Å². The van der Waals surface area contributed by atoms with Crippen LogP contribution in [0.3, 0.4) is 0 Å². The fraction of sp³-hybridized carbons (Fsp3) is 0.545. The predicted molar refractivity (Wildman–Crippen MR) is 64.8 cm³/mol. The van der Waals surface area contributed by atoms with E-state index in [0.29, 0.717) is 13.1 Å². The van der Waals surface area contributed by atoms with Crippen molar-refractivity contribution in [1.82, 2.24) is 9.29 Å². The van der Waals surface area contributed by atoms with Gasteiger partial charge in [0.25, 0.3) is 0 Å². The molecular weight excluding hydrogens is 238 g/mol. The molecular formula is C11H17N3O2S. The number of hydrogen-bond donors (Lipinski definition) is 1. The molecule has 6 heteroatoms. The van der Waals surface area contributed by atoms with Gasteiger partial charge in [0.15, 0.2) is 0 Å². The lowest BCUT2D eigenvalue weighted by Crippen LogP contribution is -2.49. The molecule has 1 atom stereocenters. The van der Waals surface area contributed by atoms with Crippen LogP contribution in [0.25, 0.3) is 0 Å². The third-order valence-electron chi connectivity index (χ3n) is 3.34. The minimum absolute atomic E-state index is 0.238. The molecule has 0 saturated carbocycles. The molecule has 94 valence electrons. The lowest BCUT2D eigenvalue weighted by atomic mass is 10.0. The Balaban J connectivity index is 2.40. The first kappa shape index (κ1) is 12.5. The number of sulfonamides is 1. The average molecular weight is 255 g/mol. The maximum absolute atomic E-state index is 12.4. The molecule has 0 bridgehead atoms. The summed E-state index contributed by atoms with van der Waals surface area (Å²) in [5.41, 5.74) is 5.25. The molecule has 2 heterocycles. The van der Waals surface area contributed by atoms with E-state index in [1.807, 2.05) is 6.92 Å². The fourth-order valence-corrected chi connectivity index (χ4v) is 4.05. The summed E-state index contributed by atoms with van der Waals surface area (Å²) < 4.78 is 26.4. The van der Waals surface area contributed by atoms with Crippen LogP contribution in [0, 0.1) is 0 Å². The lowest BCUT2D eigenvalue weighted by molar-refractivity contribution is 0.274. The van der Waals surface area contributed by atoms with E-state index < -0.39 is 15.6 Å². The highest BCUT2D eigenvalue weighted by Gasteiger charge is 2.43. The molecule has 1 saturated heterocycles. The molecule has 0 aliphatic carbocycles. The van der Waals surface area contributed by atoms with Gasteiger partial charge in [-0.1, -0.05) is 0 Å². The van der Waals surface area contributed by atoms with Crippen LogP contribution in [0.15, 0.2) is 29.4 Å². The van der Waals surface area contributed by atoms with E-state index in [1.54, 1.807) is 18.3 Å². The van der Waals surface area contributed by atoms with E-state index >= 15 is 0 Å². The number of nitrogens with zero attached hydrogens (tertiary/aromatic N) is 2. The molecule has 2 rings (SSSR count). The summed E-state index contributed by atoms with van der Waals surface area (Å²) >= 11 is 0. The van der Waals surface area contributed by atoms with Crippen molar-refractivity contribution < 1.29 is 8.42 Å². The highest BCUT2D eigenvalue weighted by Crippen LogP contribution is 2.33. The highest BCUT2D eigenvalue weighted by molar-refractivity contribution is 7.89. The second kappa shape index (κ2) is 4.36. The number of aromatic nitrogens is 1. The average Bonchev–Trinajstić information content (AvgIpc) is 2.74. The monoisotopic (exact) mass is 255 g/mol. The molecule has 1 aromatic rings. The van der Waals surface area contributed by atoms with Gasteiger partial charge >= 0.3 is 0 Å². The number of hydrogen-bond acceptors (Lipinski definition) is 4. The molecule has 1 aromatic heterocycles. The van der Waals surface area contributed by atoms with Crippen molar-refractivity contribution in [3.63, 3.8) is 0 Å². The van der Waals surface area contributed by atoms with Crippen molar-refractivity contribution in [1.29, 1.82) is 0 Å². The first-order valence-corrected chi connectivity index (χ1v) is 7.08. The maximum Gasteiger partial charge on any atom is 0.245 e. The summed E-state index contributed by atoms with van der Waals surface area (Å²) in [6.07, 6.45) is 4.60. The van der Waals surface area contributed by atoms with Crippen molar-refractivity contribution in [3.8, 4) is 0 Å². The normalized spacial score (nSPS) is 26.2. The summed E-state index contributed by atoms with van der Waals surface area (Å²) in [6.45, 7) is 2.77. The Morgan fingerprint density at radius 3 is 2.94 bits per heavy atom. The molecule has 1 fully saturated rings. The Kier molecular flexibility index (Phi) is 3.20. The second-order valence-electron chi connectivity index (χ2n) is 4.57. The van der Waals surface area contributed by atoms with Crippen LogP contribution in [0.1, 0.15) is 19.8 Å². The van der Waals surface area contributed by atoms with Crippen molar-refractivity contribution >= 4 is 10.0 Å². The molecule has 1 unspecified atom stereocenters. The molecule has 1 aliphatic rings. The van der Waals surface area contributed by atoms with E-state index in [1.165, 1.54) is 10.5 Å². The van der Waals surface area contributed by atoms with Crippen molar-refractivity contribution in [3.05, 3.63) is 24.5 Å². The second-order valence-corrected chi connectivity index (χ2v) is 6.43. The van der Waals surface area contributed by atoms with Gasteiger partial charge in [0.2, 0.25) is 10.0 Å². The Morgan fingerprint density at radius 2 is 2.35 bits per heavy atom. The largest absolute Gasteiger partial charge is 0.329 e. The first-order valence-electron chi connectivity index (χ1n) is 5.64. The van der Waals surface area contributed by atoms with Gasteiger partial charge in [-0.15, -0.1) is 0 Å². The third kappa shape index (κ3) is 2.08. The van der Waals surface area contributed by atoms with E-state index in [9.17, 15) is 8.42 Å². The maximum atomic E-state index is 12.4. The Bertz CT molecular complexity index is 489. The summed E-state index contributed by atoms with van der Waals surface area (Å²) in [7, 11) is -3.47. The molecule has 0 aromatic carbocycles. The van der Waals surface area contributed by atoms with Crippen LogP contribution in [0.2, 0.25) is 0 Å². The molecule has 0 spiro atoms. The van der Waals surface area contributed by atoms with Crippen LogP contribution < -0.4 is 5.73 Å². The summed E-state index contributed by atoms with van der Waals surface area (Å²) in [4.78, 5) is 4.10. The van der Waals surface area contributed by atoms with Gasteiger partial charge in [-0.3, -0.25) is 4.98 Å². The molecule has 17 heavy (non-hydrogen) atoms. The van der Waals surface area contributed by atoms with Crippen LogP contribution >= 0.6 is 0 Å². The molecule has 1 aliphatic heterocycles. The summed E-state index contributed by atoms with van der Waals surface area (Å²) in [5, 5.41) is 0. The molecule has 5 nitrogen and oxygen atoms in total. The Hall–Kier alpha value is -0.980. The minimum Gasteiger partial charge on any atom is -0.329 e. The van der Waals surface area contributed by atoms with Gasteiger partial charge in [-0.25, -0.2) is 8.42 Å². The summed E-state index contributed by atoms with van der Waals surface area (Å²) in [5.74, 6) is 0. The van der Waals surface area contributed by atoms with Gasteiger partial charge < -0.3 is 5.73 Å². The molecule has 0 radical (unpaired) electrons. The number of rotatable bonds is 3. The first-order chi connectivity index (χ1) is 8.00. The highest BCUT2D eigenvalue weighted by atomic mass is 32.2. The molecule has 0 amide bonds. The zero-order valence-electron chi connectivity index (χ0n) is 9.83. The van der Waals surface area contributed by atoms with E-state index in [2.05, 4.69) is 4.98 Å². The quantitative estimate of drug-likeness (QED) is 0.857. The fourth-order valence-electron chi connectivity index (χ4n) is 2.24. The third-order valence-corrected chi connectivity index (χ3v) is 5.38. The van der Waals surface area contributed by atoms with Crippen LogP contribution in [-0.2, 0) is 10.0 Å². The van der Waals surface area contributed by atoms with Crippen molar-refractivity contribution in [2.24, 2.45) is 5.73 Å². The van der Waals surface area contributed by atoms with Crippen molar-refractivity contribution in [2.75, 3.05) is 13.1 Å². The van der Waals surface area contributed by atoms with Crippen LogP contribution in [0.4, 0.5) is 0 Å². The zero-order chi connectivity index (χ0) is 12.5. The van der Waals surface area contributed by atoms with E-state index in [-0.39, 0.29) is 4.90 Å². The minimum atomic E-state index is -3.47. The van der Waals surface area contributed by atoms with Gasteiger partial charge in [-0.2, -0.15) is 4.31 Å². The van der Waals surface area contributed by atoms with E-state index in [4.69, 9.17) is 5.73 Å². The van der Waals surface area contributed by atoms with Gasteiger partial charge in [0.05, 0.1) is 0 Å². The van der Waals surface area contributed by atoms with E-state index in [0.717, 1.165) is 12.8 Å². The predicted octanol–water partition coefficient (Wildman–Crippen LogP) is 0.583. The lowest BCUT2D eigenvalue weighted by Gasteiger charge is -2.32. The SMILES string of the molecule is CC1(CN)CCCN1S(=O)(=O)c1cccnc1. The van der Waals surface area contributed by atoms with Gasteiger partial charge in [-0.05, 0) is 31.9 Å². The standard InChI is InChI=1S/C11H17N3O2S/c1-11(9-12)5-3-7-14(11)17(15,16)10-4-2-6-13-8-10/h2,4,6,8H,3,5,7,9,12H2,1H3. The van der Waals surface area contributed by atoms with Gasteiger partial charge in [0, 0.05) is 31.0 Å². The Labute approximate surface area is 102 Å². The smallest absolute Gasteiger partial charge is 0.245 e. The number of nitrogens with two attached hydrogens (primary N) is 1. The summed E-state index contributed by atoms with van der Waals surface area (Å²) in [6, 6.07) is 3.19. The Morgan fingerprint density at radius 1 is 1.59 bits per heavy atom. The topological polar surface area (TPSA) is 76.3 Å². The zero-order valence-corrected chi connectivity index (χ0v) is 10.7.